The fourth-order valence-corrected chi connectivity index (χ4v) is 3.42. The van der Waals surface area contributed by atoms with Crippen molar-refractivity contribution < 1.29 is 14.7 Å². The molecule has 2 N–H and O–H groups in total. The van der Waals surface area contributed by atoms with Gasteiger partial charge in [0.2, 0.25) is 0 Å². The van der Waals surface area contributed by atoms with Gasteiger partial charge in [0, 0.05) is 11.9 Å². The average Bonchev–Trinajstić information content (AvgIpc) is 2.82. The van der Waals surface area contributed by atoms with Gasteiger partial charge in [-0.1, -0.05) is 6.92 Å². The summed E-state index contributed by atoms with van der Waals surface area (Å²) in [4.78, 5) is 38.9. The fourth-order valence-electron chi connectivity index (χ4n) is 2.07. The second kappa shape index (κ2) is 5.48. The van der Waals surface area contributed by atoms with Crippen LogP contribution >= 0.6 is 11.8 Å². The second-order valence-electron chi connectivity index (χ2n) is 4.18. The molecule has 1 aromatic heterocycles. The van der Waals surface area contributed by atoms with E-state index >= 15 is 0 Å². The zero-order valence-electron chi connectivity index (χ0n) is 10.3. The molecule has 2 unspecified atom stereocenters. The highest BCUT2D eigenvalue weighted by molar-refractivity contribution is 8.00. The average molecular weight is 282 g/mol. The number of aromatic amines is 1. The number of carboxylic acid groups (broad SMARTS) is 1. The van der Waals surface area contributed by atoms with E-state index in [0.717, 1.165) is 0 Å². The number of amides is 1. The molecule has 0 spiro atoms. The van der Waals surface area contributed by atoms with E-state index in [1.807, 2.05) is 6.92 Å². The van der Waals surface area contributed by atoms with Gasteiger partial charge in [0.15, 0.2) is 0 Å². The molecular formula is C12H14N2O4S. The SMILES string of the molecule is CCC1SCC(C(=O)O)N1C(=O)c1ccc[nH]c1=O. The summed E-state index contributed by atoms with van der Waals surface area (Å²) in [5.41, 5.74) is -0.516. The first-order valence-electron chi connectivity index (χ1n) is 5.91. The lowest BCUT2D eigenvalue weighted by atomic mass is 10.2. The molecular weight excluding hydrogens is 268 g/mol. The predicted octanol–water partition coefficient (Wildman–Crippen LogP) is 0.753. The lowest BCUT2D eigenvalue weighted by Crippen LogP contribution is -2.46. The maximum atomic E-state index is 12.4. The molecule has 0 radical (unpaired) electrons. The highest BCUT2D eigenvalue weighted by Gasteiger charge is 2.41. The van der Waals surface area contributed by atoms with Gasteiger partial charge in [-0.05, 0) is 18.6 Å². The Labute approximate surface area is 113 Å². The van der Waals surface area contributed by atoms with Crippen molar-refractivity contribution in [2.75, 3.05) is 5.75 Å². The number of hydrogen-bond donors (Lipinski definition) is 2. The Morgan fingerprint density at radius 1 is 1.58 bits per heavy atom. The van der Waals surface area contributed by atoms with Crippen LogP contribution in [0.3, 0.4) is 0 Å². The molecule has 6 nitrogen and oxygen atoms in total. The molecule has 1 amide bonds. The van der Waals surface area contributed by atoms with E-state index in [4.69, 9.17) is 5.11 Å². The first-order chi connectivity index (χ1) is 9.06. The molecule has 2 rings (SSSR count). The van der Waals surface area contributed by atoms with Crippen molar-refractivity contribution in [2.45, 2.75) is 24.8 Å². The summed E-state index contributed by atoms with van der Waals surface area (Å²) in [5, 5.41) is 8.97. The van der Waals surface area contributed by atoms with Gasteiger partial charge in [0.1, 0.15) is 11.6 Å². The minimum Gasteiger partial charge on any atom is -0.480 e. The van der Waals surface area contributed by atoms with E-state index in [0.29, 0.717) is 12.2 Å². The molecule has 1 aromatic rings. The van der Waals surface area contributed by atoms with Crippen molar-refractivity contribution in [1.29, 1.82) is 0 Å². The van der Waals surface area contributed by atoms with Crippen LogP contribution in [0, 0.1) is 0 Å². The van der Waals surface area contributed by atoms with Crippen LogP contribution < -0.4 is 5.56 Å². The van der Waals surface area contributed by atoms with Crippen LogP contribution in [-0.2, 0) is 4.79 Å². The largest absolute Gasteiger partial charge is 0.480 e. The van der Waals surface area contributed by atoms with Gasteiger partial charge in [-0.3, -0.25) is 9.59 Å². The lowest BCUT2D eigenvalue weighted by molar-refractivity contribution is -0.141. The Morgan fingerprint density at radius 3 is 2.89 bits per heavy atom. The molecule has 102 valence electrons. The van der Waals surface area contributed by atoms with E-state index in [1.54, 1.807) is 6.07 Å². The Balaban J connectivity index is 2.37. The summed E-state index contributed by atoms with van der Waals surface area (Å²) in [6.07, 6.45) is 2.08. The summed E-state index contributed by atoms with van der Waals surface area (Å²) in [6, 6.07) is 2.09. The monoisotopic (exact) mass is 282 g/mol. The van der Waals surface area contributed by atoms with Crippen molar-refractivity contribution in [2.24, 2.45) is 0 Å². The molecule has 2 heterocycles. The number of aliphatic carboxylic acids is 1. The minimum atomic E-state index is -1.04. The summed E-state index contributed by atoms with van der Waals surface area (Å²) in [7, 11) is 0. The van der Waals surface area contributed by atoms with Crippen molar-refractivity contribution in [3.63, 3.8) is 0 Å². The standard InChI is InChI=1S/C12H14N2O4S/c1-2-9-14(8(6-19-9)12(17)18)11(16)7-4-3-5-13-10(7)15/h3-5,8-9H,2,6H2,1H3,(H,13,15)(H,17,18). The summed E-state index contributed by atoms with van der Waals surface area (Å²) in [6.45, 7) is 1.89. The van der Waals surface area contributed by atoms with Gasteiger partial charge >= 0.3 is 5.97 Å². The normalized spacial score (nSPS) is 22.5. The molecule has 1 aliphatic heterocycles. The summed E-state index contributed by atoms with van der Waals surface area (Å²) < 4.78 is 0. The Hall–Kier alpha value is -1.76. The number of rotatable bonds is 3. The third-order valence-corrected chi connectivity index (χ3v) is 4.46. The minimum absolute atomic E-state index is 0.0188. The first-order valence-corrected chi connectivity index (χ1v) is 6.96. The second-order valence-corrected chi connectivity index (χ2v) is 5.39. The van der Waals surface area contributed by atoms with Crippen LogP contribution in [0.15, 0.2) is 23.1 Å². The zero-order chi connectivity index (χ0) is 14.0. The highest BCUT2D eigenvalue weighted by Crippen LogP contribution is 2.32. The van der Waals surface area contributed by atoms with Crippen LogP contribution in [0.4, 0.5) is 0 Å². The van der Waals surface area contributed by atoms with Gasteiger partial charge in [0.25, 0.3) is 11.5 Å². The maximum Gasteiger partial charge on any atom is 0.327 e. The number of nitrogens with zero attached hydrogens (tertiary/aromatic N) is 1. The molecule has 2 atom stereocenters. The van der Waals surface area contributed by atoms with Crippen molar-refractivity contribution in [3.8, 4) is 0 Å². The zero-order valence-corrected chi connectivity index (χ0v) is 11.1. The summed E-state index contributed by atoms with van der Waals surface area (Å²) in [5.74, 6) is -1.21. The number of carbonyl (C=O) groups is 2. The topological polar surface area (TPSA) is 90.5 Å². The first kappa shape index (κ1) is 13.7. The van der Waals surface area contributed by atoms with E-state index in [-0.39, 0.29) is 10.9 Å². The van der Waals surface area contributed by atoms with Crippen LogP contribution in [0.5, 0.6) is 0 Å². The van der Waals surface area contributed by atoms with Crippen LogP contribution in [0.2, 0.25) is 0 Å². The van der Waals surface area contributed by atoms with E-state index in [2.05, 4.69) is 4.98 Å². The van der Waals surface area contributed by atoms with Gasteiger partial charge in [-0.2, -0.15) is 0 Å². The van der Waals surface area contributed by atoms with Gasteiger partial charge < -0.3 is 15.0 Å². The van der Waals surface area contributed by atoms with E-state index in [1.165, 1.54) is 28.9 Å². The highest BCUT2D eigenvalue weighted by atomic mass is 32.2. The molecule has 7 heteroatoms. The molecule has 1 saturated heterocycles. The number of hydrogen-bond acceptors (Lipinski definition) is 4. The molecule has 19 heavy (non-hydrogen) atoms. The Kier molecular flexibility index (Phi) is 3.94. The predicted molar refractivity (Wildman–Crippen MR) is 71.2 cm³/mol. The Morgan fingerprint density at radius 2 is 2.32 bits per heavy atom. The van der Waals surface area contributed by atoms with Crippen LogP contribution in [0.25, 0.3) is 0 Å². The number of H-pyrrole nitrogens is 1. The molecule has 0 bridgehead atoms. The molecule has 1 aliphatic rings. The van der Waals surface area contributed by atoms with Gasteiger partial charge in [0.05, 0.1) is 5.37 Å². The third kappa shape index (κ3) is 2.51. The van der Waals surface area contributed by atoms with Crippen molar-refractivity contribution in [3.05, 3.63) is 34.2 Å². The fraction of sp³-hybridized carbons (Fsp3) is 0.417. The van der Waals surface area contributed by atoms with E-state index < -0.39 is 23.5 Å². The quantitative estimate of drug-likeness (QED) is 0.854. The smallest absolute Gasteiger partial charge is 0.327 e. The number of aromatic nitrogens is 1. The third-order valence-electron chi connectivity index (χ3n) is 3.01. The lowest BCUT2D eigenvalue weighted by Gasteiger charge is -2.26. The molecule has 0 aromatic carbocycles. The number of carboxylic acids is 1. The number of carbonyl (C=O) groups excluding carboxylic acids is 1. The summed E-state index contributed by atoms with van der Waals surface area (Å²) >= 11 is 1.43. The van der Waals surface area contributed by atoms with Crippen molar-refractivity contribution >= 4 is 23.6 Å². The van der Waals surface area contributed by atoms with Gasteiger partial charge in [-0.15, -0.1) is 11.8 Å². The molecule has 0 aliphatic carbocycles. The maximum absolute atomic E-state index is 12.4. The van der Waals surface area contributed by atoms with Crippen LogP contribution in [-0.4, -0.2) is 44.0 Å². The number of thioether (sulfide) groups is 1. The Bertz CT molecular complexity index is 557. The molecule has 1 fully saturated rings. The van der Waals surface area contributed by atoms with Crippen LogP contribution in [0.1, 0.15) is 23.7 Å². The van der Waals surface area contributed by atoms with E-state index in [9.17, 15) is 14.4 Å². The van der Waals surface area contributed by atoms with Gasteiger partial charge in [-0.25, -0.2) is 4.79 Å². The van der Waals surface area contributed by atoms with Crippen molar-refractivity contribution in [1.82, 2.24) is 9.88 Å². The molecule has 0 saturated carbocycles. The number of nitrogens with one attached hydrogen (secondary N) is 1. The number of pyridine rings is 1.